The van der Waals surface area contributed by atoms with Gasteiger partial charge in [0, 0.05) is 12.4 Å². The monoisotopic (exact) mass is 316 g/mol. The van der Waals surface area contributed by atoms with Crippen LogP contribution in [0, 0.1) is 0 Å². The molecule has 0 bridgehead atoms. The zero-order valence-electron chi connectivity index (χ0n) is 12.2. The second kappa shape index (κ2) is 7.53. The molecule has 23 heavy (non-hydrogen) atoms. The van der Waals surface area contributed by atoms with Crippen molar-refractivity contribution < 1.29 is 0 Å². The Bertz CT molecular complexity index is 623. The molecule has 0 fully saturated rings. The van der Waals surface area contributed by atoms with Gasteiger partial charge in [-0.1, -0.05) is 0 Å². The van der Waals surface area contributed by atoms with Crippen molar-refractivity contribution in [1.29, 1.82) is 0 Å². The van der Waals surface area contributed by atoms with E-state index in [1.165, 1.54) is 0 Å². The summed E-state index contributed by atoms with van der Waals surface area (Å²) >= 11 is 0. The Morgan fingerprint density at radius 2 is 0.957 bits per heavy atom. The van der Waals surface area contributed by atoms with E-state index in [2.05, 4.69) is 39.9 Å². The van der Waals surface area contributed by atoms with Crippen LogP contribution < -0.4 is 22.9 Å². The van der Waals surface area contributed by atoms with Gasteiger partial charge in [-0.05, 0) is 19.3 Å². The lowest BCUT2D eigenvalue weighted by atomic mass is 10.3. The van der Waals surface area contributed by atoms with E-state index in [0.29, 0.717) is 12.8 Å². The molecule has 12 nitrogen and oxygen atoms in total. The number of anilines is 4. The van der Waals surface area contributed by atoms with Gasteiger partial charge < -0.3 is 22.9 Å². The lowest BCUT2D eigenvalue weighted by molar-refractivity contribution is 0.938. The maximum Gasteiger partial charge on any atom is 0.255 e. The lowest BCUT2D eigenvalue weighted by Gasteiger charge is -1.96. The van der Waals surface area contributed by atoms with Crippen LogP contribution in [-0.2, 0) is 0 Å². The van der Waals surface area contributed by atoms with Gasteiger partial charge in [-0.2, -0.15) is 29.9 Å². The van der Waals surface area contributed by atoms with Gasteiger partial charge in [0.1, 0.15) is 0 Å². The number of aromatic nitrogens is 6. The maximum absolute atomic E-state index is 5.44. The van der Waals surface area contributed by atoms with Gasteiger partial charge in [0.25, 0.3) is 11.9 Å². The van der Waals surface area contributed by atoms with Crippen LogP contribution in [0.3, 0.4) is 0 Å². The first-order valence-electron chi connectivity index (χ1n) is 6.62. The number of nitrogen functional groups attached to an aromatic ring is 4. The average Bonchev–Trinajstić information content (AvgIpc) is 2.44. The van der Waals surface area contributed by atoms with Gasteiger partial charge in [0.2, 0.25) is 23.8 Å². The number of nitrogens with zero attached hydrogens (tertiary/aromatic N) is 8. The molecule has 8 N–H and O–H groups in total. The number of hydrogen-bond acceptors (Lipinski definition) is 12. The van der Waals surface area contributed by atoms with Crippen molar-refractivity contribution in [2.45, 2.75) is 19.3 Å². The molecule has 12 heteroatoms. The quantitative estimate of drug-likeness (QED) is 0.402. The molecule has 120 valence electrons. The number of hydrogen-bond donors (Lipinski definition) is 4. The molecule has 0 aliphatic heterocycles. The second-order valence-electron chi connectivity index (χ2n) is 4.26. The summed E-state index contributed by atoms with van der Waals surface area (Å²) in [6.45, 7) is 0. The van der Waals surface area contributed by atoms with Gasteiger partial charge in [-0.15, -0.1) is 0 Å². The Morgan fingerprint density at radius 3 is 1.30 bits per heavy atom. The number of aliphatic imine (C=N–C) groups is 2. The van der Waals surface area contributed by atoms with E-state index in [1.807, 2.05) is 0 Å². The predicted octanol–water partition coefficient (Wildman–Crippen LogP) is -0.340. The largest absolute Gasteiger partial charge is 0.368 e. The summed E-state index contributed by atoms with van der Waals surface area (Å²) in [5.74, 6) is 0.500. The van der Waals surface area contributed by atoms with Gasteiger partial charge in [-0.25, -0.2) is 9.98 Å². The molecule has 0 saturated carbocycles. The molecule has 0 saturated heterocycles. The first-order valence-corrected chi connectivity index (χ1v) is 6.62. The molecule has 0 amide bonds. The normalized spacial score (nSPS) is 11.5. The van der Waals surface area contributed by atoms with Crippen LogP contribution in [0.2, 0.25) is 0 Å². The molecule has 0 unspecified atom stereocenters. The van der Waals surface area contributed by atoms with Gasteiger partial charge in [0.15, 0.2) is 0 Å². The van der Waals surface area contributed by atoms with Crippen molar-refractivity contribution in [1.82, 2.24) is 29.9 Å². The smallest absolute Gasteiger partial charge is 0.255 e. The minimum absolute atomic E-state index is 0.0349. The van der Waals surface area contributed by atoms with Crippen LogP contribution in [0.1, 0.15) is 19.3 Å². The number of nitrogens with two attached hydrogens (primary N) is 4. The highest BCUT2D eigenvalue weighted by atomic mass is 15.2. The van der Waals surface area contributed by atoms with Gasteiger partial charge >= 0.3 is 0 Å². The summed E-state index contributed by atoms with van der Waals surface area (Å²) in [6, 6.07) is 0. The average molecular weight is 316 g/mol. The summed E-state index contributed by atoms with van der Waals surface area (Å²) in [4.78, 5) is 30.7. The van der Waals surface area contributed by atoms with E-state index in [4.69, 9.17) is 22.9 Å². The molecule has 2 aromatic heterocycles. The second-order valence-corrected chi connectivity index (χ2v) is 4.26. The minimum atomic E-state index is 0.0349. The molecule has 2 heterocycles. The van der Waals surface area contributed by atoms with Crippen LogP contribution in [-0.4, -0.2) is 42.3 Å². The predicted molar refractivity (Wildman–Crippen MR) is 87.5 cm³/mol. The third kappa shape index (κ3) is 5.45. The van der Waals surface area contributed by atoms with Crippen molar-refractivity contribution in [2.75, 3.05) is 22.9 Å². The molecule has 0 radical (unpaired) electrons. The number of unbranched alkanes of at least 4 members (excludes halogenated alkanes) is 2. The zero-order chi connectivity index (χ0) is 16.7. The third-order valence-corrected chi connectivity index (χ3v) is 2.40. The molecule has 0 atom stereocenters. The molecule has 0 aromatic carbocycles. The van der Waals surface area contributed by atoms with Crippen LogP contribution in [0.4, 0.5) is 35.7 Å². The first kappa shape index (κ1) is 15.9. The maximum atomic E-state index is 5.44. The van der Waals surface area contributed by atoms with E-state index in [9.17, 15) is 0 Å². The topological polar surface area (TPSA) is 206 Å². The van der Waals surface area contributed by atoms with Crippen molar-refractivity contribution >= 4 is 48.1 Å². The third-order valence-electron chi connectivity index (χ3n) is 2.40. The van der Waals surface area contributed by atoms with E-state index >= 15 is 0 Å². The highest BCUT2D eigenvalue weighted by molar-refractivity contribution is 5.64. The summed E-state index contributed by atoms with van der Waals surface area (Å²) in [7, 11) is 0. The van der Waals surface area contributed by atoms with Crippen LogP contribution in [0.5, 0.6) is 0 Å². The summed E-state index contributed by atoms with van der Waals surface area (Å²) in [5, 5.41) is 0. The van der Waals surface area contributed by atoms with Crippen LogP contribution in [0.15, 0.2) is 9.98 Å². The standard InChI is InChI=1S/C11H16N12/c12-6-18-7(13)21-10(20-6)16-4-2-1-3-5-17-11-22-8(14)19-9(15)23-11/h4-5H,1-3H2,(H4,12,13,18,20,21)(H4,14,15,19,22,23)/b16-4+,17-5+. The van der Waals surface area contributed by atoms with Crippen molar-refractivity contribution in [3.8, 4) is 0 Å². The molecule has 2 rings (SSSR count). The highest BCUT2D eigenvalue weighted by Crippen LogP contribution is 2.08. The van der Waals surface area contributed by atoms with Crippen LogP contribution >= 0.6 is 0 Å². The molecule has 0 spiro atoms. The Balaban J connectivity index is 1.77. The van der Waals surface area contributed by atoms with Crippen molar-refractivity contribution in [3.05, 3.63) is 0 Å². The number of rotatable bonds is 6. The molecular formula is C11H16N12. The summed E-state index contributed by atoms with van der Waals surface area (Å²) in [6.07, 6.45) is 5.53. The fourth-order valence-electron chi connectivity index (χ4n) is 1.50. The van der Waals surface area contributed by atoms with Crippen molar-refractivity contribution in [3.63, 3.8) is 0 Å². The fraction of sp³-hybridized carbons (Fsp3) is 0.273. The van der Waals surface area contributed by atoms with E-state index in [1.54, 1.807) is 12.4 Å². The molecule has 0 aliphatic carbocycles. The first-order chi connectivity index (χ1) is 11.0. The molecule has 2 aromatic rings. The molecular weight excluding hydrogens is 300 g/mol. The van der Waals surface area contributed by atoms with Crippen LogP contribution in [0.25, 0.3) is 0 Å². The lowest BCUT2D eigenvalue weighted by Crippen LogP contribution is -2.01. The SMILES string of the molecule is Nc1nc(N)nc(/N=C/CCC/C=N/c2nc(N)nc(N)n2)n1. The Labute approximate surface area is 131 Å². The Morgan fingerprint density at radius 1 is 0.609 bits per heavy atom. The highest BCUT2D eigenvalue weighted by Gasteiger charge is 1.99. The Hall–Kier alpha value is -3.44. The zero-order valence-corrected chi connectivity index (χ0v) is 12.2. The fourth-order valence-corrected chi connectivity index (χ4v) is 1.50. The minimum Gasteiger partial charge on any atom is -0.368 e. The van der Waals surface area contributed by atoms with Gasteiger partial charge in [0.05, 0.1) is 0 Å². The van der Waals surface area contributed by atoms with E-state index in [0.717, 1.165) is 6.42 Å². The van der Waals surface area contributed by atoms with Crippen molar-refractivity contribution in [2.24, 2.45) is 9.98 Å². The van der Waals surface area contributed by atoms with E-state index in [-0.39, 0.29) is 35.7 Å². The van der Waals surface area contributed by atoms with E-state index < -0.39 is 0 Å². The molecule has 0 aliphatic rings. The summed E-state index contributed by atoms with van der Waals surface area (Å²) in [5.41, 5.74) is 21.8. The Kier molecular flexibility index (Phi) is 5.22. The van der Waals surface area contributed by atoms with Gasteiger partial charge in [-0.3, -0.25) is 0 Å². The summed E-state index contributed by atoms with van der Waals surface area (Å²) < 4.78 is 0.